The molecule has 2 aromatic rings. The number of aryl methyl sites for hydroxylation is 2. The molecule has 1 aromatic carbocycles. The quantitative estimate of drug-likeness (QED) is 0.901. The van der Waals surface area contributed by atoms with E-state index in [4.69, 9.17) is 16.3 Å². The maximum Gasteiger partial charge on any atom is 0.221 e. The summed E-state index contributed by atoms with van der Waals surface area (Å²) in [6.45, 7) is 3.94. The Morgan fingerprint density at radius 1 is 1.17 bits per heavy atom. The van der Waals surface area contributed by atoms with Gasteiger partial charge in [-0.1, -0.05) is 17.7 Å². The van der Waals surface area contributed by atoms with E-state index in [1.54, 1.807) is 0 Å². The van der Waals surface area contributed by atoms with Crippen LogP contribution in [0.4, 0.5) is 5.82 Å². The van der Waals surface area contributed by atoms with Crippen LogP contribution in [0.2, 0.25) is 5.02 Å². The van der Waals surface area contributed by atoms with Crippen molar-refractivity contribution in [2.45, 2.75) is 13.8 Å². The maximum atomic E-state index is 5.99. The van der Waals surface area contributed by atoms with Gasteiger partial charge in [-0.25, -0.2) is 0 Å². The van der Waals surface area contributed by atoms with Gasteiger partial charge in [-0.3, -0.25) is 0 Å². The van der Waals surface area contributed by atoms with E-state index in [2.05, 4.69) is 10.3 Å². The Labute approximate surface area is 112 Å². The van der Waals surface area contributed by atoms with E-state index < -0.39 is 0 Å². The Morgan fingerprint density at radius 2 is 1.83 bits per heavy atom. The minimum atomic E-state index is 0.565. The molecule has 4 heteroatoms. The zero-order chi connectivity index (χ0) is 13.1. The third kappa shape index (κ3) is 2.74. The molecule has 0 amide bonds. The number of ether oxygens (including phenoxy) is 1. The Kier molecular flexibility index (Phi) is 3.72. The molecule has 0 aliphatic heterocycles. The molecular formula is C14H15ClN2O. The van der Waals surface area contributed by atoms with E-state index >= 15 is 0 Å². The fourth-order valence-electron chi connectivity index (χ4n) is 1.77. The number of pyridine rings is 1. The summed E-state index contributed by atoms with van der Waals surface area (Å²) in [5.74, 6) is 2.15. The first-order chi connectivity index (χ1) is 8.60. The fourth-order valence-corrected chi connectivity index (χ4v) is 2.10. The average Bonchev–Trinajstić information content (AvgIpc) is 2.34. The minimum Gasteiger partial charge on any atom is -0.438 e. The summed E-state index contributed by atoms with van der Waals surface area (Å²) in [7, 11) is 1.82. The number of anilines is 1. The largest absolute Gasteiger partial charge is 0.438 e. The second-order valence-corrected chi connectivity index (χ2v) is 4.52. The molecule has 18 heavy (non-hydrogen) atoms. The highest BCUT2D eigenvalue weighted by molar-refractivity contribution is 6.30. The van der Waals surface area contributed by atoms with E-state index in [1.807, 2.05) is 51.2 Å². The molecule has 0 fully saturated rings. The Balaban J connectivity index is 2.33. The first-order valence-electron chi connectivity index (χ1n) is 5.69. The van der Waals surface area contributed by atoms with E-state index in [-0.39, 0.29) is 0 Å². The monoisotopic (exact) mass is 262 g/mol. The van der Waals surface area contributed by atoms with Crippen molar-refractivity contribution < 1.29 is 4.74 Å². The molecule has 0 atom stereocenters. The van der Waals surface area contributed by atoms with Gasteiger partial charge in [0.2, 0.25) is 5.88 Å². The predicted molar refractivity (Wildman–Crippen MR) is 74.8 cm³/mol. The van der Waals surface area contributed by atoms with Gasteiger partial charge in [-0.2, -0.15) is 4.98 Å². The highest BCUT2D eigenvalue weighted by atomic mass is 35.5. The Morgan fingerprint density at radius 3 is 2.44 bits per heavy atom. The van der Waals surface area contributed by atoms with E-state index in [9.17, 15) is 0 Å². The average molecular weight is 263 g/mol. The Bertz CT molecular complexity index is 546. The summed E-state index contributed by atoms with van der Waals surface area (Å²) in [6.07, 6.45) is 0. The zero-order valence-corrected chi connectivity index (χ0v) is 11.4. The van der Waals surface area contributed by atoms with Crippen LogP contribution in [0.3, 0.4) is 0 Å². The molecular weight excluding hydrogens is 248 g/mol. The van der Waals surface area contributed by atoms with Gasteiger partial charge in [0.25, 0.3) is 0 Å². The number of hydrogen-bond acceptors (Lipinski definition) is 3. The summed E-state index contributed by atoms with van der Waals surface area (Å²) in [6, 6.07) is 9.37. The van der Waals surface area contributed by atoms with Gasteiger partial charge in [0.15, 0.2) is 0 Å². The number of nitrogens with one attached hydrogen (secondary N) is 1. The molecule has 2 rings (SSSR count). The molecule has 0 aliphatic carbocycles. The summed E-state index contributed by atoms with van der Waals surface area (Å²) >= 11 is 5.99. The van der Waals surface area contributed by atoms with Crippen LogP contribution in [-0.2, 0) is 0 Å². The molecule has 0 unspecified atom stereocenters. The lowest BCUT2D eigenvalue weighted by atomic mass is 10.1. The lowest BCUT2D eigenvalue weighted by Gasteiger charge is -2.12. The summed E-state index contributed by atoms with van der Waals surface area (Å²) in [4.78, 5) is 4.32. The molecule has 0 saturated carbocycles. The number of benzene rings is 1. The van der Waals surface area contributed by atoms with E-state index in [1.165, 1.54) is 0 Å². The zero-order valence-electron chi connectivity index (χ0n) is 10.6. The Hall–Kier alpha value is -1.74. The van der Waals surface area contributed by atoms with Crippen molar-refractivity contribution in [3.05, 3.63) is 46.5 Å². The summed E-state index contributed by atoms with van der Waals surface area (Å²) in [5.41, 5.74) is 1.99. The minimum absolute atomic E-state index is 0.565. The lowest BCUT2D eigenvalue weighted by molar-refractivity contribution is 0.457. The number of aromatic nitrogens is 1. The predicted octanol–water partition coefficient (Wildman–Crippen LogP) is 4.19. The molecule has 3 nitrogen and oxygen atoms in total. The van der Waals surface area contributed by atoms with Crippen LogP contribution in [0, 0.1) is 13.8 Å². The molecule has 94 valence electrons. The van der Waals surface area contributed by atoms with Crippen LogP contribution in [0.25, 0.3) is 0 Å². The molecule has 1 heterocycles. The van der Waals surface area contributed by atoms with Gasteiger partial charge in [-0.05, 0) is 43.2 Å². The fraction of sp³-hybridized carbons (Fsp3) is 0.214. The summed E-state index contributed by atoms with van der Waals surface area (Å²) < 4.78 is 5.83. The second-order valence-electron chi connectivity index (χ2n) is 4.08. The third-order valence-corrected chi connectivity index (χ3v) is 2.83. The molecule has 0 aliphatic rings. The maximum absolute atomic E-state index is 5.99. The first kappa shape index (κ1) is 12.7. The van der Waals surface area contributed by atoms with Crippen LogP contribution in [-0.4, -0.2) is 12.0 Å². The molecule has 0 spiro atoms. The number of rotatable bonds is 3. The molecule has 1 aromatic heterocycles. The van der Waals surface area contributed by atoms with Crippen LogP contribution >= 0.6 is 11.6 Å². The van der Waals surface area contributed by atoms with E-state index in [0.29, 0.717) is 10.9 Å². The highest BCUT2D eigenvalue weighted by Crippen LogP contribution is 2.30. The van der Waals surface area contributed by atoms with Crippen molar-refractivity contribution in [1.29, 1.82) is 0 Å². The van der Waals surface area contributed by atoms with Crippen molar-refractivity contribution in [2.24, 2.45) is 0 Å². The smallest absolute Gasteiger partial charge is 0.221 e. The summed E-state index contributed by atoms with van der Waals surface area (Å²) in [5, 5.41) is 3.70. The van der Waals surface area contributed by atoms with Gasteiger partial charge < -0.3 is 10.1 Å². The second kappa shape index (κ2) is 5.27. The molecule has 0 saturated heterocycles. The SMILES string of the molecule is CNc1cccc(Oc2c(C)cc(Cl)cc2C)n1. The number of hydrogen-bond donors (Lipinski definition) is 1. The number of halogens is 1. The van der Waals surface area contributed by atoms with Crippen LogP contribution in [0.5, 0.6) is 11.6 Å². The number of nitrogens with zero attached hydrogens (tertiary/aromatic N) is 1. The topological polar surface area (TPSA) is 34.1 Å². The highest BCUT2D eigenvalue weighted by Gasteiger charge is 2.08. The normalized spacial score (nSPS) is 10.2. The van der Waals surface area contributed by atoms with Crippen LogP contribution < -0.4 is 10.1 Å². The van der Waals surface area contributed by atoms with Gasteiger partial charge in [-0.15, -0.1) is 0 Å². The van der Waals surface area contributed by atoms with Gasteiger partial charge in [0, 0.05) is 18.1 Å². The van der Waals surface area contributed by atoms with Gasteiger partial charge in [0.05, 0.1) is 0 Å². The van der Waals surface area contributed by atoms with Crippen molar-refractivity contribution in [1.82, 2.24) is 4.98 Å². The van der Waals surface area contributed by atoms with Gasteiger partial charge >= 0.3 is 0 Å². The van der Waals surface area contributed by atoms with Crippen LogP contribution in [0.1, 0.15) is 11.1 Å². The molecule has 1 N–H and O–H groups in total. The van der Waals surface area contributed by atoms with Crippen molar-refractivity contribution in [2.75, 3.05) is 12.4 Å². The molecule has 0 bridgehead atoms. The van der Waals surface area contributed by atoms with Crippen molar-refractivity contribution >= 4 is 17.4 Å². The van der Waals surface area contributed by atoms with E-state index in [0.717, 1.165) is 22.7 Å². The standard InChI is InChI=1S/C14H15ClN2O/c1-9-7-11(15)8-10(2)14(9)18-13-6-4-5-12(16-3)17-13/h4-8H,1-3H3,(H,16,17). The third-order valence-electron chi connectivity index (χ3n) is 2.61. The van der Waals surface area contributed by atoms with Crippen molar-refractivity contribution in [3.8, 4) is 11.6 Å². The van der Waals surface area contributed by atoms with Crippen LogP contribution in [0.15, 0.2) is 30.3 Å². The first-order valence-corrected chi connectivity index (χ1v) is 6.07. The van der Waals surface area contributed by atoms with Gasteiger partial charge in [0.1, 0.15) is 11.6 Å². The van der Waals surface area contributed by atoms with Crippen molar-refractivity contribution in [3.63, 3.8) is 0 Å². The molecule has 0 radical (unpaired) electrons. The lowest BCUT2D eigenvalue weighted by Crippen LogP contribution is -1.96.